The van der Waals surface area contributed by atoms with Gasteiger partial charge in [-0.25, -0.2) is 0 Å². The van der Waals surface area contributed by atoms with Crippen LogP contribution in [0.4, 0.5) is 0 Å². The smallest absolute Gasteiger partial charge is 0.239 e. The van der Waals surface area contributed by atoms with Crippen molar-refractivity contribution < 1.29 is 4.79 Å². The van der Waals surface area contributed by atoms with Crippen molar-refractivity contribution in [3.8, 4) is 0 Å². The number of hydrogen-bond acceptors (Lipinski definition) is 2. The highest BCUT2D eigenvalue weighted by Crippen LogP contribution is 2.20. The van der Waals surface area contributed by atoms with Crippen LogP contribution in [0.2, 0.25) is 0 Å². The molecule has 0 aliphatic rings. The van der Waals surface area contributed by atoms with E-state index in [1.54, 1.807) is 13.8 Å². The van der Waals surface area contributed by atoms with Crippen LogP contribution >= 0.6 is 0 Å². The van der Waals surface area contributed by atoms with Crippen LogP contribution in [0.1, 0.15) is 33.3 Å². The van der Waals surface area contributed by atoms with Gasteiger partial charge in [-0.3, -0.25) is 4.79 Å². The van der Waals surface area contributed by atoms with Crippen molar-refractivity contribution in [1.29, 1.82) is 0 Å². The van der Waals surface area contributed by atoms with Crippen molar-refractivity contribution in [3.05, 3.63) is 35.9 Å². The van der Waals surface area contributed by atoms with E-state index in [0.29, 0.717) is 6.54 Å². The standard InChI is InChI=1S/C15H24N2O/c1-14(2,10-12-8-6-5-7-9-12)11-17-13(18)15(3,4)16/h5-9H,10-11,16H2,1-4H3,(H,17,18). The second-order valence-corrected chi connectivity index (χ2v) is 6.23. The van der Waals surface area contributed by atoms with E-state index in [1.807, 2.05) is 18.2 Å². The third-order valence-corrected chi connectivity index (χ3v) is 2.84. The minimum absolute atomic E-state index is 0.0161. The molecule has 0 atom stereocenters. The highest BCUT2D eigenvalue weighted by atomic mass is 16.2. The lowest BCUT2D eigenvalue weighted by atomic mass is 9.85. The van der Waals surface area contributed by atoms with Gasteiger partial charge in [-0.1, -0.05) is 44.2 Å². The molecule has 1 aromatic rings. The molecule has 3 nitrogen and oxygen atoms in total. The minimum Gasteiger partial charge on any atom is -0.354 e. The number of benzene rings is 1. The van der Waals surface area contributed by atoms with Crippen LogP contribution in [-0.2, 0) is 11.2 Å². The Morgan fingerprint density at radius 2 is 1.72 bits per heavy atom. The van der Waals surface area contributed by atoms with Crippen molar-refractivity contribution in [3.63, 3.8) is 0 Å². The lowest BCUT2D eigenvalue weighted by molar-refractivity contribution is -0.125. The number of rotatable bonds is 5. The van der Waals surface area contributed by atoms with Crippen LogP contribution in [0.15, 0.2) is 30.3 Å². The molecule has 3 N–H and O–H groups in total. The first kappa shape index (κ1) is 14.7. The summed E-state index contributed by atoms with van der Waals surface area (Å²) in [4.78, 5) is 11.7. The first-order valence-electron chi connectivity index (χ1n) is 6.32. The number of carbonyl (C=O) groups excluding carboxylic acids is 1. The van der Waals surface area contributed by atoms with Gasteiger partial charge in [-0.15, -0.1) is 0 Å². The average Bonchev–Trinajstić information content (AvgIpc) is 2.25. The molecular weight excluding hydrogens is 224 g/mol. The molecule has 0 unspecified atom stereocenters. The van der Waals surface area contributed by atoms with Gasteiger partial charge in [0.05, 0.1) is 5.54 Å². The molecule has 0 aliphatic heterocycles. The van der Waals surface area contributed by atoms with E-state index in [-0.39, 0.29) is 11.3 Å². The molecule has 1 amide bonds. The van der Waals surface area contributed by atoms with E-state index >= 15 is 0 Å². The van der Waals surface area contributed by atoms with Gasteiger partial charge < -0.3 is 11.1 Å². The third kappa shape index (κ3) is 4.88. The van der Waals surface area contributed by atoms with Crippen molar-refractivity contribution in [2.45, 2.75) is 39.7 Å². The fraction of sp³-hybridized carbons (Fsp3) is 0.533. The SMILES string of the molecule is CC(C)(CNC(=O)C(C)(C)N)Cc1ccccc1. The normalized spacial score (nSPS) is 12.3. The summed E-state index contributed by atoms with van der Waals surface area (Å²) >= 11 is 0. The number of hydrogen-bond donors (Lipinski definition) is 2. The second kappa shape index (κ2) is 5.53. The molecule has 0 fully saturated rings. The van der Waals surface area contributed by atoms with Crippen LogP contribution in [0.3, 0.4) is 0 Å². The maximum atomic E-state index is 11.7. The summed E-state index contributed by atoms with van der Waals surface area (Å²) in [5, 5.41) is 2.92. The predicted molar refractivity (Wildman–Crippen MR) is 75.2 cm³/mol. The molecule has 0 spiro atoms. The van der Waals surface area contributed by atoms with Crippen LogP contribution in [0.5, 0.6) is 0 Å². The molecule has 0 radical (unpaired) electrons. The molecule has 18 heavy (non-hydrogen) atoms. The zero-order chi connectivity index (χ0) is 13.8. The molecule has 100 valence electrons. The molecule has 0 saturated heterocycles. The third-order valence-electron chi connectivity index (χ3n) is 2.84. The lowest BCUT2D eigenvalue weighted by Crippen LogP contribution is -2.51. The summed E-state index contributed by atoms with van der Waals surface area (Å²) in [6.45, 7) is 8.34. The summed E-state index contributed by atoms with van der Waals surface area (Å²) in [5.74, 6) is -0.108. The summed E-state index contributed by atoms with van der Waals surface area (Å²) in [5.41, 5.74) is 6.23. The van der Waals surface area contributed by atoms with E-state index in [4.69, 9.17) is 5.73 Å². The van der Waals surface area contributed by atoms with Crippen LogP contribution < -0.4 is 11.1 Å². The second-order valence-electron chi connectivity index (χ2n) is 6.23. The van der Waals surface area contributed by atoms with Crippen LogP contribution in [-0.4, -0.2) is 18.0 Å². The fourth-order valence-corrected chi connectivity index (χ4v) is 1.76. The molecule has 3 heteroatoms. The van der Waals surface area contributed by atoms with Crippen molar-refractivity contribution in [1.82, 2.24) is 5.32 Å². The molecule has 1 rings (SSSR count). The summed E-state index contributed by atoms with van der Waals surface area (Å²) in [6, 6.07) is 10.3. The van der Waals surface area contributed by atoms with Crippen LogP contribution in [0, 0.1) is 5.41 Å². The summed E-state index contributed by atoms with van der Waals surface area (Å²) in [6.07, 6.45) is 0.930. The maximum absolute atomic E-state index is 11.7. The Balaban J connectivity index is 2.53. The number of nitrogens with two attached hydrogens (primary N) is 1. The molecule has 0 saturated carbocycles. The van der Waals surface area contributed by atoms with E-state index in [9.17, 15) is 4.79 Å². The average molecular weight is 248 g/mol. The zero-order valence-corrected chi connectivity index (χ0v) is 11.8. The van der Waals surface area contributed by atoms with Gasteiger partial charge >= 0.3 is 0 Å². The van der Waals surface area contributed by atoms with Gasteiger partial charge in [0, 0.05) is 6.54 Å². The monoisotopic (exact) mass is 248 g/mol. The Bertz CT molecular complexity index is 391. The topological polar surface area (TPSA) is 55.1 Å². The van der Waals surface area contributed by atoms with Gasteiger partial charge in [0.1, 0.15) is 0 Å². The van der Waals surface area contributed by atoms with Gasteiger partial charge in [0.25, 0.3) is 0 Å². The highest BCUT2D eigenvalue weighted by Gasteiger charge is 2.25. The van der Waals surface area contributed by atoms with E-state index in [1.165, 1.54) is 5.56 Å². The molecule has 0 heterocycles. The Labute approximate surface area is 110 Å². The predicted octanol–water partition coefficient (Wildman–Crippen LogP) is 2.11. The molecule has 0 aliphatic carbocycles. The van der Waals surface area contributed by atoms with Crippen molar-refractivity contribution in [2.24, 2.45) is 11.1 Å². The number of amides is 1. The van der Waals surface area contributed by atoms with Crippen molar-refractivity contribution in [2.75, 3.05) is 6.54 Å². The summed E-state index contributed by atoms with van der Waals surface area (Å²) in [7, 11) is 0. The first-order chi connectivity index (χ1) is 8.21. The van der Waals surface area contributed by atoms with Gasteiger partial charge in [0.15, 0.2) is 0 Å². The van der Waals surface area contributed by atoms with E-state index in [2.05, 4.69) is 31.3 Å². The zero-order valence-electron chi connectivity index (χ0n) is 11.8. The first-order valence-corrected chi connectivity index (χ1v) is 6.32. The quantitative estimate of drug-likeness (QED) is 0.838. The minimum atomic E-state index is -0.817. The number of nitrogens with one attached hydrogen (secondary N) is 1. The lowest BCUT2D eigenvalue weighted by Gasteiger charge is -2.27. The maximum Gasteiger partial charge on any atom is 0.239 e. The van der Waals surface area contributed by atoms with Crippen molar-refractivity contribution >= 4 is 5.91 Å². The fourth-order valence-electron chi connectivity index (χ4n) is 1.76. The summed E-state index contributed by atoms with van der Waals surface area (Å²) < 4.78 is 0. The Hall–Kier alpha value is -1.35. The number of carbonyl (C=O) groups is 1. The molecule has 0 bridgehead atoms. The Kier molecular flexibility index (Phi) is 4.52. The van der Waals surface area contributed by atoms with E-state index in [0.717, 1.165) is 6.42 Å². The Morgan fingerprint density at radius 1 is 1.17 bits per heavy atom. The van der Waals surface area contributed by atoms with Gasteiger partial charge in [-0.05, 0) is 31.2 Å². The van der Waals surface area contributed by atoms with Gasteiger partial charge in [0.2, 0.25) is 5.91 Å². The van der Waals surface area contributed by atoms with E-state index < -0.39 is 5.54 Å². The molecular formula is C15H24N2O. The Morgan fingerprint density at radius 3 is 2.22 bits per heavy atom. The molecule has 0 aromatic heterocycles. The molecule has 1 aromatic carbocycles. The highest BCUT2D eigenvalue weighted by molar-refractivity contribution is 5.85. The largest absolute Gasteiger partial charge is 0.354 e. The van der Waals surface area contributed by atoms with Gasteiger partial charge in [-0.2, -0.15) is 0 Å². The van der Waals surface area contributed by atoms with Crippen LogP contribution in [0.25, 0.3) is 0 Å².